The summed E-state index contributed by atoms with van der Waals surface area (Å²) < 4.78 is 6.08. The van der Waals surface area contributed by atoms with Crippen LogP contribution in [-0.4, -0.2) is 9.97 Å². The van der Waals surface area contributed by atoms with Gasteiger partial charge in [0, 0.05) is 43.3 Å². The number of aromatic nitrogens is 2. The molecular formula is C45H38IrN2O-2. The van der Waals surface area contributed by atoms with Crippen LogP contribution in [0.15, 0.2) is 132 Å². The van der Waals surface area contributed by atoms with Crippen molar-refractivity contribution in [2.75, 3.05) is 0 Å². The maximum absolute atomic E-state index is 6.08. The molecule has 0 saturated carbocycles. The Morgan fingerprint density at radius 3 is 2.12 bits per heavy atom. The van der Waals surface area contributed by atoms with Crippen molar-refractivity contribution in [2.45, 2.75) is 41.0 Å². The van der Waals surface area contributed by atoms with Crippen LogP contribution in [0.5, 0.6) is 0 Å². The Labute approximate surface area is 302 Å². The van der Waals surface area contributed by atoms with Gasteiger partial charge < -0.3 is 14.4 Å². The molecule has 0 aliphatic heterocycles. The summed E-state index contributed by atoms with van der Waals surface area (Å²) >= 11 is 0. The van der Waals surface area contributed by atoms with Crippen molar-refractivity contribution in [3.8, 4) is 33.6 Å². The molecule has 8 aromatic rings. The van der Waals surface area contributed by atoms with Crippen LogP contribution in [-0.2, 0) is 26.5 Å². The zero-order chi connectivity index (χ0) is 33.3. The number of rotatable bonds is 4. The van der Waals surface area contributed by atoms with E-state index < -0.39 is 0 Å². The van der Waals surface area contributed by atoms with Crippen LogP contribution in [0, 0.1) is 31.4 Å². The van der Waals surface area contributed by atoms with Crippen LogP contribution in [0.2, 0.25) is 0 Å². The van der Waals surface area contributed by atoms with E-state index >= 15 is 0 Å². The van der Waals surface area contributed by atoms with Crippen molar-refractivity contribution in [1.82, 2.24) is 9.97 Å². The van der Waals surface area contributed by atoms with Crippen LogP contribution in [0.1, 0.15) is 37.5 Å². The number of nitrogens with zero attached hydrogens (tertiary/aromatic N) is 2. The predicted octanol–water partition coefficient (Wildman–Crippen LogP) is 12.0. The first-order chi connectivity index (χ1) is 23.2. The molecule has 245 valence electrons. The third kappa shape index (κ3) is 7.57. The minimum atomic E-state index is 0. The third-order valence-corrected chi connectivity index (χ3v) is 8.50. The summed E-state index contributed by atoms with van der Waals surface area (Å²) in [5.74, 6) is 0. The summed E-state index contributed by atoms with van der Waals surface area (Å²) in [6, 6.07) is 46.4. The minimum absolute atomic E-state index is 0. The van der Waals surface area contributed by atoms with Gasteiger partial charge >= 0.3 is 0 Å². The van der Waals surface area contributed by atoms with Crippen molar-refractivity contribution in [3.63, 3.8) is 0 Å². The summed E-state index contributed by atoms with van der Waals surface area (Å²) in [6.07, 6.45) is 4.93. The fourth-order valence-electron chi connectivity index (χ4n) is 6.20. The molecule has 0 fully saturated rings. The molecule has 0 aliphatic carbocycles. The smallest absolute Gasteiger partial charge is 0.136 e. The van der Waals surface area contributed by atoms with E-state index in [1.54, 1.807) is 0 Å². The van der Waals surface area contributed by atoms with Crippen molar-refractivity contribution in [3.05, 3.63) is 156 Å². The first-order valence-electron chi connectivity index (χ1n) is 16.4. The van der Waals surface area contributed by atoms with Crippen LogP contribution in [0.4, 0.5) is 0 Å². The van der Waals surface area contributed by atoms with Gasteiger partial charge in [0.15, 0.2) is 0 Å². The van der Waals surface area contributed by atoms with Gasteiger partial charge in [-0.1, -0.05) is 94.4 Å². The van der Waals surface area contributed by atoms with E-state index in [0.29, 0.717) is 5.41 Å². The summed E-state index contributed by atoms with van der Waals surface area (Å²) in [5, 5.41) is 4.75. The Hall–Kier alpha value is -4.89. The zero-order valence-corrected chi connectivity index (χ0v) is 30.9. The Kier molecular flexibility index (Phi) is 9.92. The predicted molar refractivity (Wildman–Crippen MR) is 200 cm³/mol. The van der Waals surface area contributed by atoms with E-state index in [0.717, 1.165) is 56.6 Å². The van der Waals surface area contributed by atoms with Gasteiger partial charge in [-0.15, -0.1) is 70.8 Å². The SMILES string of the molecule is Cc1c[c-]c(-c2ccc(CC(C)(C)C)cn2)cc1.Cc1ccc(-c2[c-]ccc(-c3cccc4c3ccc3oc5ccccc5c34)c2)nc1.[Ir]. The third-order valence-electron chi connectivity index (χ3n) is 8.50. The summed E-state index contributed by atoms with van der Waals surface area (Å²) in [6.45, 7) is 10.9. The summed E-state index contributed by atoms with van der Waals surface area (Å²) in [7, 11) is 0. The number of benzene rings is 5. The van der Waals surface area contributed by atoms with E-state index in [1.807, 2.05) is 43.6 Å². The second-order valence-electron chi connectivity index (χ2n) is 13.7. The second kappa shape index (κ2) is 14.3. The standard InChI is InChI=1S/C28H18NO.C17H20N.Ir/c1-18-12-14-25(29-17-18)20-7-4-6-19(16-20)21-9-5-10-23-22(21)13-15-27-28(23)24-8-2-3-11-26(24)30-27;1-13-5-8-15(9-6-13)16-10-7-14(12-18-16)11-17(2,3)4;/h2-6,8-17H,1H3;5-8,10,12H,11H2,1-4H3;/q2*-1;. The molecule has 5 aromatic carbocycles. The normalized spacial score (nSPS) is 11.3. The van der Waals surface area contributed by atoms with Gasteiger partial charge in [-0.05, 0) is 69.7 Å². The Morgan fingerprint density at radius 2 is 1.39 bits per heavy atom. The van der Waals surface area contributed by atoms with Crippen molar-refractivity contribution >= 4 is 32.7 Å². The molecule has 49 heavy (non-hydrogen) atoms. The molecule has 0 spiro atoms. The Morgan fingerprint density at radius 1 is 0.633 bits per heavy atom. The number of hydrogen-bond donors (Lipinski definition) is 0. The Bertz CT molecular complexity index is 2350. The van der Waals surface area contributed by atoms with Gasteiger partial charge in [-0.25, -0.2) is 0 Å². The van der Waals surface area contributed by atoms with Gasteiger partial charge in [0.1, 0.15) is 11.2 Å². The molecule has 1 radical (unpaired) electrons. The molecule has 8 rings (SSSR count). The van der Waals surface area contributed by atoms with Crippen LogP contribution >= 0.6 is 0 Å². The molecule has 0 atom stereocenters. The van der Waals surface area contributed by atoms with Crippen LogP contribution < -0.4 is 0 Å². The molecule has 0 amide bonds. The van der Waals surface area contributed by atoms with Crippen LogP contribution in [0.3, 0.4) is 0 Å². The number of fused-ring (bicyclic) bond motifs is 5. The number of pyridine rings is 2. The van der Waals surface area contributed by atoms with Crippen molar-refractivity contribution < 1.29 is 24.5 Å². The number of hydrogen-bond acceptors (Lipinski definition) is 3. The summed E-state index contributed by atoms with van der Waals surface area (Å²) in [4.78, 5) is 9.10. The molecule has 4 heteroatoms. The minimum Gasteiger partial charge on any atom is -0.456 e. The quantitative estimate of drug-likeness (QED) is 0.166. The Balaban J connectivity index is 0.000000189. The maximum Gasteiger partial charge on any atom is 0.136 e. The average molecular weight is 815 g/mol. The average Bonchev–Trinajstić information content (AvgIpc) is 3.48. The number of aryl methyl sites for hydroxylation is 2. The van der Waals surface area contributed by atoms with Crippen molar-refractivity contribution in [2.24, 2.45) is 5.41 Å². The first kappa shape index (κ1) is 34.0. The molecule has 0 saturated heterocycles. The molecular weight excluding hydrogens is 777 g/mol. The van der Waals surface area contributed by atoms with E-state index in [-0.39, 0.29) is 20.1 Å². The number of para-hydroxylation sites is 1. The van der Waals surface area contributed by atoms with Crippen LogP contribution in [0.25, 0.3) is 66.4 Å². The van der Waals surface area contributed by atoms with E-state index in [4.69, 9.17) is 4.42 Å². The fraction of sp³-hybridized carbons (Fsp3) is 0.156. The van der Waals surface area contributed by atoms with Crippen molar-refractivity contribution in [1.29, 1.82) is 0 Å². The largest absolute Gasteiger partial charge is 0.456 e. The monoisotopic (exact) mass is 815 g/mol. The zero-order valence-electron chi connectivity index (χ0n) is 28.5. The molecule has 3 nitrogen and oxygen atoms in total. The molecule has 0 unspecified atom stereocenters. The van der Waals surface area contributed by atoms with E-state index in [2.05, 4.69) is 141 Å². The van der Waals surface area contributed by atoms with E-state index in [9.17, 15) is 0 Å². The first-order valence-corrected chi connectivity index (χ1v) is 16.4. The van der Waals surface area contributed by atoms with Gasteiger partial charge in [-0.2, -0.15) is 0 Å². The molecule has 0 bridgehead atoms. The van der Waals surface area contributed by atoms with Gasteiger partial charge in [0.25, 0.3) is 0 Å². The number of furan rings is 1. The molecule has 3 aromatic heterocycles. The molecule has 3 heterocycles. The fourth-order valence-corrected chi connectivity index (χ4v) is 6.20. The van der Waals surface area contributed by atoms with Gasteiger partial charge in [0.05, 0.1) is 0 Å². The topological polar surface area (TPSA) is 38.9 Å². The molecule has 0 N–H and O–H groups in total. The molecule has 0 aliphatic rings. The van der Waals surface area contributed by atoms with E-state index in [1.165, 1.54) is 32.8 Å². The summed E-state index contributed by atoms with van der Waals surface area (Å²) in [5.41, 5.74) is 12.2. The second-order valence-corrected chi connectivity index (χ2v) is 13.7. The van der Waals surface area contributed by atoms with Gasteiger partial charge in [-0.3, -0.25) is 0 Å². The maximum atomic E-state index is 6.08. The van der Waals surface area contributed by atoms with Gasteiger partial charge in [0.2, 0.25) is 0 Å².